The van der Waals surface area contributed by atoms with Gasteiger partial charge in [-0.15, -0.1) is 0 Å². The van der Waals surface area contributed by atoms with Gasteiger partial charge >= 0.3 is 0 Å². The summed E-state index contributed by atoms with van der Waals surface area (Å²) in [6.07, 6.45) is 1.90. The molecule has 174 valence electrons. The lowest BCUT2D eigenvalue weighted by molar-refractivity contribution is -0.121. The Hall–Kier alpha value is -1.54. The first-order valence-electron chi connectivity index (χ1n) is 10.1. The molecule has 2 heterocycles. The van der Waals surface area contributed by atoms with Gasteiger partial charge in [0.25, 0.3) is 0 Å². The van der Waals surface area contributed by atoms with E-state index in [1.165, 1.54) is 28.6 Å². The Morgan fingerprint density at radius 3 is 2.19 bits per heavy atom. The number of sulfonamides is 2. The molecule has 2 aliphatic heterocycles. The fraction of sp³-hybridized carbons (Fsp3) is 0.611. The van der Waals surface area contributed by atoms with Crippen molar-refractivity contribution in [2.24, 2.45) is 0 Å². The molecule has 13 heteroatoms. The van der Waals surface area contributed by atoms with Gasteiger partial charge in [0, 0.05) is 25.7 Å². The molecule has 0 aromatic heterocycles. The molecule has 0 spiro atoms. The molecular weight excluding hydrogens is 466 g/mol. The normalized spacial score (nSPS) is 22.1. The number of nitrogens with zero attached hydrogens (tertiary/aromatic N) is 2. The van der Waals surface area contributed by atoms with Crippen molar-refractivity contribution in [3.63, 3.8) is 0 Å². The molecule has 1 unspecified atom stereocenters. The van der Waals surface area contributed by atoms with E-state index in [9.17, 15) is 30.0 Å². The van der Waals surface area contributed by atoms with Crippen molar-refractivity contribution in [3.8, 4) is 0 Å². The minimum absolute atomic E-state index is 0.000419. The molecule has 0 radical (unpaired) electrons. The zero-order valence-electron chi connectivity index (χ0n) is 17.2. The van der Waals surface area contributed by atoms with E-state index in [1.54, 1.807) is 6.92 Å². The fourth-order valence-corrected chi connectivity index (χ4v) is 8.31. The van der Waals surface area contributed by atoms with Crippen LogP contribution in [0.25, 0.3) is 0 Å². The van der Waals surface area contributed by atoms with Crippen LogP contribution in [0.15, 0.2) is 34.1 Å². The highest BCUT2D eigenvalue weighted by atomic mass is 32.2. The summed E-state index contributed by atoms with van der Waals surface area (Å²) in [5.74, 6) is -0.730. The van der Waals surface area contributed by atoms with Crippen LogP contribution in [0.4, 0.5) is 0 Å². The van der Waals surface area contributed by atoms with Crippen LogP contribution in [0.2, 0.25) is 0 Å². The summed E-state index contributed by atoms with van der Waals surface area (Å²) >= 11 is 0. The lowest BCUT2D eigenvalue weighted by Crippen LogP contribution is -2.44. The largest absolute Gasteiger partial charge is 0.351 e. The van der Waals surface area contributed by atoms with Gasteiger partial charge in [0.15, 0.2) is 9.84 Å². The lowest BCUT2D eigenvalue weighted by Gasteiger charge is -2.21. The molecular formula is C18H27N3O7S3. The second-order valence-electron chi connectivity index (χ2n) is 7.68. The quantitative estimate of drug-likeness (QED) is 0.529. The Bertz CT molecular complexity index is 1120. The number of sulfone groups is 1. The number of benzene rings is 1. The Labute approximate surface area is 183 Å². The molecule has 2 fully saturated rings. The Kier molecular flexibility index (Phi) is 7.11. The van der Waals surface area contributed by atoms with Crippen LogP contribution < -0.4 is 5.32 Å². The van der Waals surface area contributed by atoms with Crippen LogP contribution in [-0.2, 0) is 34.7 Å². The molecule has 1 atom stereocenters. The SMILES string of the molecule is CCN(CC(=O)NC1CCS(=O)(=O)C1)S(=O)(=O)c1ccc(S(=O)(=O)N2CCCC2)cc1. The minimum Gasteiger partial charge on any atom is -0.351 e. The molecule has 1 amide bonds. The van der Waals surface area contributed by atoms with Crippen LogP contribution >= 0.6 is 0 Å². The molecule has 1 aromatic carbocycles. The molecule has 1 N–H and O–H groups in total. The second-order valence-corrected chi connectivity index (χ2v) is 13.8. The smallest absolute Gasteiger partial charge is 0.243 e. The Morgan fingerprint density at radius 1 is 1.10 bits per heavy atom. The van der Waals surface area contributed by atoms with E-state index in [1.807, 2.05) is 0 Å². The third-order valence-corrected chi connectivity index (χ3v) is 11.1. The van der Waals surface area contributed by atoms with E-state index in [4.69, 9.17) is 0 Å². The predicted molar refractivity (Wildman–Crippen MR) is 114 cm³/mol. The number of hydrogen-bond acceptors (Lipinski definition) is 7. The third-order valence-electron chi connectivity index (χ3n) is 5.43. The van der Waals surface area contributed by atoms with Crippen LogP contribution in [0.3, 0.4) is 0 Å². The highest BCUT2D eigenvalue weighted by Crippen LogP contribution is 2.23. The number of likely N-dealkylation sites (N-methyl/N-ethyl adjacent to an activating group) is 1. The van der Waals surface area contributed by atoms with Crippen LogP contribution in [0.5, 0.6) is 0 Å². The molecule has 2 aliphatic rings. The second kappa shape index (κ2) is 9.14. The maximum absolute atomic E-state index is 12.9. The number of nitrogens with one attached hydrogen (secondary N) is 1. The average molecular weight is 494 g/mol. The number of hydrogen-bond donors (Lipinski definition) is 1. The first kappa shape index (κ1) is 24.1. The van der Waals surface area contributed by atoms with Gasteiger partial charge in [0.05, 0.1) is 27.8 Å². The van der Waals surface area contributed by atoms with Gasteiger partial charge in [-0.25, -0.2) is 25.3 Å². The Balaban J connectivity index is 1.70. The average Bonchev–Trinajstić information content (AvgIpc) is 3.36. The standard InChI is InChI=1S/C18H27N3O7S3/c1-2-20(13-18(22)19-15-9-12-29(23,24)14-15)30(25,26)16-5-7-17(8-6-16)31(27,28)21-10-3-4-11-21/h5-8,15H,2-4,9-14H2,1H3,(H,19,22). The van der Waals surface area contributed by atoms with Crippen molar-refractivity contribution in [1.29, 1.82) is 0 Å². The van der Waals surface area contributed by atoms with Crippen molar-refractivity contribution in [3.05, 3.63) is 24.3 Å². The van der Waals surface area contributed by atoms with Gasteiger partial charge in [-0.3, -0.25) is 4.79 Å². The molecule has 1 aromatic rings. The maximum atomic E-state index is 12.9. The van der Waals surface area contributed by atoms with E-state index < -0.39 is 48.4 Å². The molecule has 0 aliphatic carbocycles. The third kappa shape index (κ3) is 5.45. The molecule has 0 bridgehead atoms. The number of carbonyl (C=O) groups excluding carboxylic acids is 1. The summed E-state index contributed by atoms with van der Waals surface area (Å²) < 4.78 is 76.5. The monoisotopic (exact) mass is 493 g/mol. The first-order valence-corrected chi connectivity index (χ1v) is 14.8. The number of rotatable bonds is 8. The van der Waals surface area contributed by atoms with Gasteiger partial charge in [0.2, 0.25) is 26.0 Å². The van der Waals surface area contributed by atoms with Gasteiger partial charge in [-0.1, -0.05) is 6.92 Å². The number of carbonyl (C=O) groups is 1. The highest BCUT2D eigenvalue weighted by Gasteiger charge is 2.32. The summed E-state index contributed by atoms with van der Waals surface area (Å²) in [7, 11) is -10.9. The van der Waals surface area contributed by atoms with E-state index >= 15 is 0 Å². The lowest BCUT2D eigenvalue weighted by atomic mass is 10.2. The van der Waals surface area contributed by atoms with Crippen LogP contribution in [-0.4, -0.2) is 83.5 Å². The maximum Gasteiger partial charge on any atom is 0.243 e. The van der Waals surface area contributed by atoms with E-state index in [0.29, 0.717) is 19.5 Å². The summed E-state index contributed by atoms with van der Waals surface area (Å²) in [4.78, 5) is 12.2. The zero-order valence-corrected chi connectivity index (χ0v) is 19.7. The summed E-state index contributed by atoms with van der Waals surface area (Å²) in [6, 6.07) is 4.45. The minimum atomic E-state index is -4.04. The number of amides is 1. The van der Waals surface area contributed by atoms with Crippen LogP contribution in [0, 0.1) is 0 Å². The van der Waals surface area contributed by atoms with E-state index in [0.717, 1.165) is 17.1 Å². The molecule has 10 nitrogen and oxygen atoms in total. The zero-order chi connectivity index (χ0) is 22.9. The van der Waals surface area contributed by atoms with Crippen molar-refractivity contribution in [2.45, 2.75) is 42.0 Å². The summed E-state index contributed by atoms with van der Waals surface area (Å²) in [5, 5.41) is 2.57. The van der Waals surface area contributed by atoms with Crippen LogP contribution in [0.1, 0.15) is 26.2 Å². The fourth-order valence-electron chi connectivity index (χ4n) is 3.72. The van der Waals surface area contributed by atoms with Gasteiger partial charge in [-0.05, 0) is 43.5 Å². The highest BCUT2D eigenvalue weighted by molar-refractivity contribution is 7.91. The van der Waals surface area contributed by atoms with Gasteiger partial charge < -0.3 is 5.32 Å². The summed E-state index contributed by atoms with van der Waals surface area (Å²) in [6.45, 7) is 2.04. The molecule has 3 rings (SSSR count). The molecule has 0 saturated carbocycles. The van der Waals surface area contributed by atoms with Crippen molar-refractivity contribution in [2.75, 3.05) is 37.7 Å². The van der Waals surface area contributed by atoms with Crippen molar-refractivity contribution in [1.82, 2.24) is 13.9 Å². The van der Waals surface area contributed by atoms with Gasteiger partial charge in [-0.2, -0.15) is 8.61 Å². The van der Waals surface area contributed by atoms with Crippen molar-refractivity contribution >= 4 is 35.8 Å². The van der Waals surface area contributed by atoms with E-state index in [-0.39, 0.29) is 27.8 Å². The first-order chi connectivity index (χ1) is 14.5. The van der Waals surface area contributed by atoms with E-state index in [2.05, 4.69) is 5.32 Å². The predicted octanol–water partition coefficient (Wildman–Crippen LogP) is -0.215. The molecule has 31 heavy (non-hydrogen) atoms. The molecule has 2 saturated heterocycles. The summed E-state index contributed by atoms with van der Waals surface area (Å²) in [5.41, 5.74) is 0. The Morgan fingerprint density at radius 2 is 1.68 bits per heavy atom. The van der Waals surface area contributed by atoms with Crippen molar-refractivity contribution < 1.29 is 30.0 Å². The topological polar surface area (TPSA) is 138 Å². The van der Waals surface area contributed by atoms with Gasteiger partial charge in [0.1, 0.15) is 0 Å².